The monoisotopic (exact) mass is 991 g/mol. The summed E-state index contributed by atoms with van der Waals surface area (Å²) < 4.78 is 16.7. The van der Waals surface area contributed by atoms with Crippen molar-refractivity contribution in [3.05, 3.63) is 72.9 Å². The second-order valence-corrected chi connectivity index (χ2v) is 20.2. The van der Waals surface area contributed by atoms with E-state index >= 15 is 0 Å². The molecule has 0 spiro atoms. The highest BCUT2D eigenvalue weighted by atomic mass is 16.6. The second kappa shape index (κ2) is 59.4. The third kappa shape index (κ3) is 57.6. The third-order valence-corrected chi connectivity index (χ3v) is 13.2. The van der Waals surface area contributed by atoms with Gasteiger partial charge in [-0.2, -0.15) is 0 Å². The first kappa shape index (κ1) is 67.8. The molecule has 0 rings (SSSR count). The molecule has 0 aromatic heterocycles. The van der Waals surface area contributed by atoms with Crippen molar-refractivity contribution >= 4 is 17.9 Å². The smallest absolute Gasteiger partial charge is 0.306 e. The Labute approximate surface area is 440 Å². The molecule has 410 valence electrons. The van der Waals surface area contributed by atoms with E-state index in [-0.39, 0.29) is 37.5 Å². The molecule has 0 saturated heterocycles. The zero-order valence-corrected chi connectivity index (χ0v) is 47.0. The predicted octanol–water partition coefficient (Wildman–Crippen LogP) is 20.5. The fraction of sp³-hybridized carbons (Fsp3) is 0.769. The first-order valence-corrected chi connectivity index (χ1v) is 30.4. The van der Waals surface area contributed by atoms with E-state index < -0.39 is 6.10 Å². The van der Waals surface area contributed by atoms with Crippen molar-refractivity contribution in [1.82, 2.24) is 0 Å². The van der Waals surface area contributed by atoms with Gasteiger partial charge in [0.05, 0.1) is 0 Å². The summed E-state index contributed by atoms with van der Waals surface area (Å²) >= 11 is 0. The quantitative estimate of drug-likeness (QED) is 0.0261. The van der Waals surface area contributed by atoms with Crippen molar-refractivity contribution in [1.29, 1.82) is 0 Å². The summed E-state index contributed by atoms with van der Waals surface area (Å²) in [6, 6.07) is 0. The molecule has 0 amide bonds. The number of allylic oxidation sites excluding steroid dienone is 12. The normalized spacial score (nSPS) is 12.5. The Morgan fingerprint density at radius 2 is 0.563 bits per heavy atom. The Balaban J connectivity index is 4.11. The molecule has 0 fully saturated rings. The summed E-state index contributed by atoms with van der Waals surface area (Å²) in [6.45, 7) is 6.46. The maximum Gasteiger partial charge on any atom is 0.306 e. The number of hydrogen-bond acceptors (Lipinski definition) is 6. The zero-order chi connectivity index (χ0) is 51.4. The Hall–Kier alpha value is -3.15. The number of ether oxygens (including phenoxy) is 3. The maximum atomic E-state index is 12.8. The van der Waals surface area contributed by atoms with E-state index in [2.05, 4.69) is 93.7 Å². The molecule has 6 heteroatoms. The second-order valence-electron chi connectivity index (χ2n) is 20.2. The lowest BCUT2D eigenvalue weighted by Crippen LogP contribution is -2.30. The summed E-state index contributed by atoms with van der Waals surface area (Å²) in [4.78, 5) is 37.9. The minimum absolute atomic E-state index is 0.0954. The van der Waals surface area contributed by atoms with Crippen LogP contribution in [-0.4, -0.2) is 37.2 Å². The molecule has 0 aliphatic heterocycles. The first-order valence-electron chi connectivity index (χ1n) is 30.4. The molecule has 0 N–H and O–H groups in total. The van der Waals surface area contributed by atoms with Gasteiger partial charge in [0.15, 0.2) is 6.10 Å². The highest BCUT2D eigenvalue weighted by Gasteiger charge is 2.19. The molecule has 0 aromatic carbocycles. The van der Waals surface area contributed by atoms with Gasteiger partial charge in [-0.05, 0) is 83.5 Å². The van der Waals surface area contributed by atoms with Gasteiger partial charge in [-0.15, -0.1) is 0 Å². The van der Waals surface area contributed by atoms with Gasteiger partial charge in [0.1, 0.15) is 13.2 Å². The largest absolute Gasteiger partial charge is 0.462 e. The van der Waals surface area contributed by atoms with Gasteiger partial charge >= 0.3 is 17.9 Å². The van der Waals surface area contributed by atoms with Crippen molar-refractivity contribution in [2.24, 2.45) is 0 Å². The fourth-order valence-electron chi connectivity index (χ4n) is 8.65. The van der Waals surface area contributed by atoms with E-state index in [1.165, 1.54) is 180 Å². The average Bonchev–Trinajstić information content (AvgIpc) is 3.37. The van der Waals surface area contributed by atoms with Crippen LogP contribution < -0.4 is 0 Å². The molecule has 0 aromatic rings. The minimum Gasteiger partial charge on any atom is -0.462 e. The van der Waals surface area contributed by atoms with Crippen LogP contribution in [0.1, 0.15) is 303 Å². The molecular formula is C65H114O6. The van der Waals surface area contributed by atoms with Crippen LogP contribution in [0.5, 0.6) is 0 Å². The van der Waals surface area contributed by atoms with Gasteiger partial charge in [-0.3, -0.25) is 14.4 Å². The standard InChI is InChI=1S/C65H114O6/c1-4-7-10-13-16-18-20-22-24-26-27-28-29-30-31-32-33-34-35-36-37-39-40-42-44-46-49-52-55-58-64(67)70-61-62(60-69-63(66)57-54-51-48-15-12-9-6-3)71-65(68)59-56-53-50-47-45-43-41-38-25-23-21-19-17-14-11-8-5-2/h8,11,17,19,23,25-27,41,43,47,50,62H,4-7,9-10,12-16,18,20-22,24,28-40,42,44-46,48-49,51-61H2,1-3H3/b11-8-,19-17-,25-23-,27-26-,43-41-,50-47-. The minimum atomic E-state index is -0.801. The lowest BCUT2D eigenvalue weighted by Gasteiger charge is -2.18. The van der Waals surface area contributed by atoms with E-state index in [1.807, 2.05) is 0 Å². The summed E-state index contributed by atoms with van der Waals surface area (Å²) in [7, 11) is 0. The van der Waals surface area contributed by atoms with Crippen molar-refractivity contribution < 1.29 is 28.6 Å². The fourth-order valence-corrected chi connectivity index (χ4v) is 8.65. The highest BCUT2D eigenvalue weighted by molar-refractivity contribution is 5.71. The third-order valence-electron chi connectivity index (χ3n) is 13.2. The zero-order valence-electron chi connectivity index (χ0n) is 47.0. The van der Waals surface area contributed by atoms with Crippen LogP contribution in [-0.2, 0) is 28.6 Å². The van der Waals surface area contributed by atoms with Gasteiger partial charge in [0, 0.05) is 19.3 Å². The summed E-state index contributed by atoms with van der Waals surface area (Å²) in [6.07, 6.45) is 76.7. The lowest BCUT2D eigenvalue weighted by molar-refractivity contribution is -0.167. The number of carbonyl (C=O) groups is 3. The van der Waals surface area contributed by atoms with E-state index in [4.69, 9.17) is 14.2 Å². The molecule has 71 heavy (non-hydrogen) atoms. The molecule has 0 aliphatic rings. The number of unbranched alkanes of at least 4 members (excludes halogenated alkanes) is 32. The number of hydrogen-bond donors (Lipinski definition) is 0. The van der Waals surface area contributed by atoms with Gasteiger partial charge in [-0.1, -0.05) is 273 Å². The van der Waals surface area contributed by atoms with E-state index in [9.17, 15) is 14.4 Å². The Morgan fingerprint density at radius 3 is 0.915 bits per heavy atom. The van der Waals surface area contributed by atoms with Crippen LogP contribution in [0, 0.1) is 0 Å². The van der Waals surface area contributed by atoms with Crippen LogP contribution in [0.4, 0.5) is 0 Å². The van der Waals surface area contributed by atoms with Crippen LogP contribution in [0.2, 0.25) is 0 Å². The van der Waals surface area contributed by atoms with Crippen molar-refractivity contribution in [3.63, 3.8) is 0 Å². The molecule has 1 atom stereocenters. The predicted molar refractivity (Wildman–Crippen MR) is 307 cm³/mol. The van der Waals surface area contributed by atoms with Crippen LogP contribution in [0.15, 0.2) is 72.9 Å². The van der Waals surface area contributed by atoms with Crippen molar-refractivity contribution in [2.45, 2.75) is 309 Å². The lowest BCUT2D eigenvalue weighted by atomic mass is 10.0. The SMILES string of the molecule is CC/C=C\C/C=C\C/C=C\C/C=C\C/C=C\CCCC(=O)OC(COC(=O)CCCCCCCCC)COC(=O)CCCCCCCCCCCCCCCCCCC/C=C\CCCCCCCCCC. The molecule has 0 saturated carbocycles. The molecule has 1 unspecified atom stereocenters. The maximum absolute atomic E-state index is 12.8. The number of esters is 3. The first-order chi connectivity index (χ1) is 35.0. The van der Waals surface area contributed by atoms with Crippen molar-refractivity contribution in [3.8, 4) is 0 Å². The van der Waals surface area contributed by atoms with Crippen LogP contribution in [0.25, 0.3) is 0 Å². The van der Waals surface area contributed by atoms with Crippen LogP contribution >= 0.6 is 0 Å². The van der Waals surface area contributed by atoms with Gasteiger partial charge in [0.25, 0.3) is 0 Å². The Kier molecular flexibility index (Phi) is 56.8. The average molecular weight is 992 g/mol. The summed E-state index contributed by atoms with van der Waals surface area (Å²) in [5.41, 5.74) is 0. The van der Waals surface area contributed by atoms with Gasteiger partial charge in [0.2, 0.25) is 0 Å². The number of rotatable bonds is 55. The molecule has 0 bridgehead atoms. The Bertz CT molecular complexity index is 1320. The molecular weight excluding hydrogens is 877 g/mol. The van der Waals surface area contributed by atoms with Crippen LogP contribution in [0.3, 0.4) is 0 Å². The van der Waals surface area contributed by atoms with E-state index in [1.54, 1.807) is 0 Å². The van der Waals surface area contributed by atoms with E-state index in [0.29, 0.717) is 19.3 Å². The van der Waals surface area contributed by atoms with E-state index in [0.717, 1.165) is 77.0 Å². The summed E-state index contributed by atoms with van der Waals surface area (Å²) in [5, 5.41) is 0. The molecule has 0 aliphatic carbocycles. The highest BCUT2D eigenvalue weighted by Crippen LogP contribution is 2.16. The van der Waals surface area contributed by atoms with Crippen molar-refractivity contribution in [2.75, 3.05) is 13.2 Å². The molecule has 6 nitrogen and oxygen atoms in total. The van der Waals surface area contributed by atoms with Gasteiger partial charge < -0.3 is 14.2 Å². The van der Waals surface area contributed by atoms with Gasteiger partial charge in [-0.25, -0.2) is 0 Å². The molecule has 0 radical (unpaired) electrons. The number of carbonyl (C=O) groups excluding carboxylic acids is 3. The molecule has 0 heterocycles. The Morgan fingerprint density at radius 1 is 0.296 bits per heavy atom. The summed E-state index contributed by atoms with van der Waals surface area (Å²) in [5.74, 6) is -0.952. The topological polar surface area (TPSA) is 78.9 Å².